The Kier molecular flexibility index (Phi) is 13.0. The van der Waals surface area contributed by atoms with Gasteiger partial charge < -0.3 is 15.3 Å². The molecule has 2 aromatic rings. The molecule has 0 heterocycles. The number of phenols is 2. The maximum atomic E-state index is 12.5. The first-order chi connectivity index (χ1) is 15.2. The Morgan fingerprint density at radius 1 is 0.656 bits per heavy atom. The molecule has 2 aromatic carbocycles. The Balaban J connectivity index is 0.000000347. The Labute approximate surface area is 194 Å². The van der Waals surface area contributed by atoms with E-state index in [-0.39, 0.29) is 21.3 Å². The highest BCUT2D eigenvalue weighted by Crippen LogP contribution is 2.29. The van der Waals surface area contributed by atoms with Crippen LogP contribution >= 0.6 is 0 Å². The number of unbranched alkanes of at least 4 members (excludes halogenated alkanes) is 9. The predicted octanol–water partition coefficient (Wildman–Crippen LogP) is 6.45. The van der Waals surface area contributed by atoms with Crippen molar-refractivity contribution in [1.82, 2.24) is 0 Å². The van der Waals surface area contributed by atoms with Crippen LogP contribution in [0.4, 0.5) is 0 Å². The highest BCUT2D eigenvalue weighted by molar-refractivity contribution is 7.91. The number of benzene rings is 2. The molecule has 0 aliphatic heterocycles. The van der Waals surface area contributed by atoms with Crippen LogP contribution in [0.25, 0.3) is 0 Å². The van der Waals surface area contributed by atoms with E-state index in [4.69, 9.17) is 5.11 Å². The number of aliphatic hydroxyl groups is 1. The molecule has 0 saturated carbocycles. The lowest BCUT2D eigenvalue weighted by molar-refractivity contribution is 0.282. The van der Waals surface area contributed by atoms with Gasteiger partial charge in [-0.05, 0) is 67.8 Å². The fraction of sp³-hybridized carbons (Fsp3) is 0.538. The largest absolute Gasteiger partial charge is 0.508 e. The molecule has 5 nitrogen and oxygen atoms in total. The Morgan fingerprint density at radius 2 is 1.03 bits per heavy atom. The summed E-state index contributed by atoms with van der Waals surface area (Å²) in [5.74, 6) is 0.0535. The molecule has 180 valence electrons. The molecular formula is C26H40O5S. The molecule has 0 bridgehead atoms. The maximum absolute atomic E-state index is 12.5. The van der Waals surface area contributed by atoms with Crippen molar-refractivity contribution in [3.63, 3.8) is 0 Å². The zero-order valence-electron chi connectivity index (χ0n) is 19.8. The monoisotopic (exact) mass is 464 g/mol. The molecule has 32 heavy (non-hydrogen) atoms. The number of hydrogen-bond acceptors (Lipinski definition) is 5. The van der Waals surface area contributed by atoms with Crippen molar-refractivity contribution in [1.29, 1.82) is 0 Å². The third-order valence-corrected chi connectivity index (χ3v) is 7.48. The van der Waals surface area contributed by atoms with E-state index in [1.807, 2.05) is 0 Å². The molecule has 0 aliphatic rings. The van der Waals surface area contributed by atoms with Gasteiger partial charge in [-0.3, -0.25) is 0 Å². The molecule has 0 saturated heterocycles. The number of phenolic OH excluding ortho intramolecular Hbond substituents is 2. The average Bonchev–Trinajstić information content (AvgIpc) is 2.72. The van der Waals surface area contributed by atoms with E-state index in [1.165, 1.54) is 94.2 Å². The molecule has 0 amide bonds. The van der Waals surface area contributed by atoms with Crippen LogP contribution < -0.4 is 0 Å². The molecule has 0 fully saturated rings. The molecular weight excluding hydrogens is 424 g/mol. The topological polar surface area (TPSA) is 94.8 Å². The Bertz CT molecular complexity index is 839. The Hall–Kier alpha value is -2.05. The summed E-state index contributed by atoms with van der Waals surface area (Å²) in [4.78, 5) is 0.304. The van der Waals surface area contributed by atoms with Gasteiger partial charge in [0.2, 0.25) is 9.84 Å². The number of sulfone groups is 1. The van der Waals surface area contributed by atoms with Crippen molar-refractivity contribution in [2.24, 2.45) is 0 Å². The highest BCUT2D eigenvalue weighted by Gasteiger charge is 2.22. The number of hydrogen-bond donors (Lipinski definition) is 3. The van der Waals surface area contributed by atoms with Crippen LogP contribution in [-0.4, -0.2) is 30.3 Å². The molecule has 0 radical (unpaired) electrons. The lowest BCUT2D eigenvalue weighted by atomic mass is 10.1. The van der Waals surface area contributed by atoms with Crippen molar-refractivity contribution in [3.05, 3.63) is 47.5 Å². The van der Waals surface area contributed by atoms with Crippen LogP contribution in [0, 0.1) is 13.8 Å². The zero-order chi connectivity index (χ0) is 24.0. The smallest absolute Gasteiger partial charge is 0.207 e. The molecule has 6 heteroatoms. The zero-order valence-corrected chi connectivity index (χ0v) is 20.6. The van der Waals surface area contributed by atoms with Crippen molar-refractivity contribution in [2.45, 2.75) is 94.8 Å². The van der Waals surface area contributed by atoms with Crippen LogP contribution in [0.5, 0.6) is 11.5 Å². The first-order valence-electron chi connectivity index (χ1n) is 11.7. The second-order valence-corrected chi connectivity index (χ2v) is 10.2. The molecule has 0 aliphatic carbocycles. The van der Waals surface area contributed by atoms with Crippen LogP contribution in [-0.2, 0) is 9.84 Å². The van der Waals surface area contributed by atoms with Gasteiger partial charge in [0.25, 0.3) is 0 Å². The summed E-state index contributed by atoms with van der Waals surface area (Å²) in [6.07, 6.45) is 13.3. The summed E-state index contributed by atoms with van der Waals surface area (Å²) >= 11 is 0. The fourth-order valence-electron chi connectivity index (χ4n) is 3.59. The summed E-state index contributed by atoms with van der Waals surface area (Å²) in [5, 5.41) is 27.2. The SMILES string of the molecule is CCCCCCCCCCCCO.Cc1cc(O)ccc1S(=O)(=O)c1ccc(O)cc1C. The third kappa shape index (κ3) is 9.61. The van der Waals surface area contributed by atoms with Crippen LogP contribution in [0.3, 0.4) is 0 Å². The summed E-state index contributed by atoms with van der Waals surface area (Å²) < 4.78 is 25.1. The quantitative estimate of drug-likeness (QED) is 0.314. The molecule has 0 spiro atoms. The van der Waals surface area contributed by atoms with Gasteiger partial charge in [0, 0.05) is 6.61 Å². The lowest BCUT2D eigenvalue weighted by Crippen LogP contribution is -2.05. The highest BCUT2D eigenvalue weighted by atomic mass is 32.2. The van der Waals surface area contributed by atoms with Crippen LogP contribution in [0.1, 0.15) is 82.3 Å². The van der Waals surface area contributed by atoms with Crippen molar-refractivity contribution in [2.75, 3.05) is 6.61 Å². The minimum atomic E-state index is -3.66. The second kappa shape index (κ2) is 14.9. The molecule has 0 atom stereocenters. The molecule has 2 rings (SSSR count). The Morgan fingerprint density at radius 3 is 1.38 bits per heavy atom. The first kappa shape index (κ1) is 28.0. The van der Waals surface area contributed by atoms with Gasteiger partial charge in [0.15, 0.2) is 0 Å². The summed E-state index contributed by atoms with van der Waals surface area (Å²) in [5.41, 5.74) is 0.958. The summed E-state index contributed by atoms with van der Waals surface area (Å²) in [6.45, 7) is 5.89. The summed E-state index contributed by atoms with van der Waals surface area (Å²) in [7, 11) is -3.66. The summed E-state index contributed by atoms with van der Waals surface area (Å²) in [6, 6.07) is 8.26. The predicted molar refractivity (Wildman–Crippen MR) is 130 cm³/mol. The van der Waals surface area contributed by atoms with Gasteiger partial charge in [0.05, 0.1) is 9.79 Å². The number of aliphatic hydroxyl groups excluding tert-OH is 1. The molecule has 0 unspecified atom stereocenters. The van der Waals surface area contributed by atoms with Crippen molar-refractivity contribution < 1.29 is 23.7 Å². The minimum absolute atomic E-state index is 0.0267. The van der Waals surface area contributed by atoms with E-state index >= 15 is 0 Å². The van der Waals surface area contributed by atoms with Crippen molar-refractivity contribution in [3.8, 4) is 11.5 Å². The normalized spacial score (nSPS) is 11.1. The van der Waals surface area contributed by atoms with Gasteiger partial charge in [-0.25, -0.2) is 8.42 Å². The average molecular weight is 465 g/mol. The standard InChI is InChI=1S/C14H14O4S.C12H26O/c1-9-7-11(15)3-5-13(9)19(17,18)14-6-4-12(16)8-10(14)2;1-2-3-4-5-6-7-8-9-10-11-12-13/h3-8,15-16H,1-2H3;13H,2-12H2,1H3. The molecule has 0 aromatic heterocycles. The minimum Gasteiger partial charge on any atom is -0.508 e. The number of aromatic hydroxyl groups is 2. The molecule has 3 N–H and O–H groups in total. The van der Waals surface area contributed by atoms with Crippen molar-refractivity contribution >= 4 is 9.84 Å². The van der Waals surface area contributed by atoms with Gasteiger partial charge in [0.1, 0.15) is 11.5 Å². The van der Waals surface area contributed by atoms with E-state index in [0.29, 0.717) is 17.7 Å². The lowest BCUT2D eigenvalue weighted by Gasteiger charge is -2.10. The van der Waals surface area contributed by atoms with E-state index in [2.05, 4.69) is 6.92 Å². The van der Waals surface area contributed by atoms with E-state index < -0.39 is 9.84 Å². The van der Waals surface area contributed by atoms with Gasteiger partial charge in [-0.2, -0.15) is 0 Å². The van der Waals surface area contributed by atoms with Crippen LogP contribution in [0.15, 0.2) is 46.2 Å². The third-order valence-electron chi connectivity index (χ3n) is 5.41. The maximum Gasteiger partial charge on any atom is 0.207 e. The second-order valence-electron chi connectivity index (χ2n) is 8.31. The number of aryl methyl sites for hydroxylation is 2. The van der Waals surface area contributed by atoms with Gasteiger partial charge >= 0.3 is 0 Å². The van der Waals surface area contributed by atoms with E-state index in [0.717, 1.165) is 6.42 Å². The van der Waals surface area contributed by atoms with Crippen LogP contribution in [0.2, 0.25) is 0 Å². The van der Waals surface area contributed by atoms with Gasteiger partial charge in [-0.15, -0.1) is 0 Å². The van der Waals surface area contributed by atoms with E-state index in [1.54, 1.807) is 13.8 Å². The van der Waals surface area contributed by atoms with Gasteiger partial charge in [-0.1, -0.05) is 64.7 Å². The van der Waals surface area contributed by atoms with E-state index in [9.17, 15) is 18.6 Å². The number of rotatable bonds is 12. The fourth-order valence-corrected chi connectivity index (χ4v) is 5.28. The first-order valence-corrected chi connectivity index (χ1v) is 13.2.